The minimum atomic E-state index is -0.0762. The zero-order valence-corrected chi connectivity index (χ0v) is 15.6. The molecule has 0 fully saturated rings. The van der Waals surface area contributed by atoms with Crippen LogP contribution in [0.3, 0.4) is 0 Å². The molecule has 0 aliphatic heterocycles. The van der Waals surface area contributed by atoms with Gasteiger partial charge < -0.3 is 15.0 Å². The number of fused-ring (bicyclic) bond motifs is 1. The molecule has 2 N–H and O–H groups in total. The highest BCUT2D eigenvalue weighted by molar-refractivity contribution is 5.96. The molecule has 5 heteroatoms. The third kappa shape index (κ3) is 3.88. The van der Waals surface area contributed by atoms with Crippen molar-refractivity contribution < 1.29 is 9.53 Å². The Labute approximate surface area is 163 Å². The van der Waals surface area contributed by atoms with Gasteiger partial charge in [-0.1, -0.05) is 36.4 Å². The van der Waals surface area contributed by atoms with Crippen LogP contribution < -0.4 is 10.1 Å². The molecule has 0 aliphatic rings. The topological polar surface area (TPSA) is 67.0 Å². The van der Waals surface area contributed by atoms with E-state index in [9.17, 15) is 4.79 Å². The monoisotopic (exact) mass is 371 g/mol. The summed E-state index contributed by atoms with van der Waals surface area (Å²) in [6, 6.07) is 23.1. The number of para-hydroxylation sites is 3. The number of nitrogens with one attached hydrogen (secondary N) is 2. The lowest BCUT2D eigenvalue weighted by atomic mass is 10.1. The van der Waals surface area contributed by atoms with Crippen LogP contribution >= 0.6 is 0 Å². The molecule has 28 heavy (non-hydrogen) atoms. The van der Waals surface area contributed by atoms with E-state index >= 15 is 0 Å². The molecule has 0 saturated carbocycles. The number of benzene rings is 3. The number of hydrogen-bond donors (Lipinski definition) is 2. The van der Waals surface area contributed by atoms with Gasteiger partial charge >= 0.3 is 0 Å². The number of aromatic nitrogens is 2. The Morgan fingerprint density at radius 3 is 2.54 bits per heavy atom. The fourth-order valence-corrected chi connectivity index (χ4v) is 3.13. The van der Waals surface area contributed by atoms with Crippen LogP contribution in [-0.4, -0.2) is 22.5 Å². The Bertz CT molecular complexity index is 1070. The average Bonchev–Trinajstić information content (AvgIpc) is 3.14. The molecule has 0 atom stereocenters. The highest BCUT2D eigenvalue weighted by Crippen LogP contribution is 2.27. The van der Waals surface area contributed by atoms with Crippen molar-refractivity contribution in [1.29, 1.82) is 0 Å². The molecule has 3 aromatic carbocycles. The van der Waals surface area contributed by atoms with E-state index in [-0.39, 0.29) is 5.91 Å². The number of hydrogen-bond acceptors (Lipinski definition) is 3. The van der Waals surface area contributed by atoms with Crippen LogP contribution in [0.2, 0.25) is 0 Å². The van der Waals surface area contributed by atoms with Crippen molar-refractivity contribution in [2.75, 3.05) is 11.9 Å². The van der Waals surface area contributed by atoms with E-state index in [0.29, 0.717) is 13.0 Å². The van der Waals surface area contributed by atoms with Gasteiger partial charge in [0.25, 0.3) is 0 Å². The first-order chi connectivity index (χ1) is 13.7. The minimum absolute atomic E-state index is 0.0762. The van der Waals surface area contributed by atoms with Crippen LogP contribution in [0.1, 0.15) is 12.5 Å². The van der Waals surface area contributed by atoms with Gasteiger partial charge in [0.2, 0.25) is 5.91 Å². The summed E-state index contributed by atoms with van der Waals surface area (Å²) in [5, 5.41) is 3.01. The number of imidazole rings is 1. The third-order valence-electron chi connectivity index (χ3n) is 4.44. The standard InChI is InChI=1S/C23H21N3O2/c1-2-28-17-13-11-16(12-14-17)15-22(27)24-19-8-4-3-7-18(19)23-25-20-9-5-6-10-21(20)26-23/h3-14H,2,15H2,1H3,(H,24,27)(H,25,26). The summed E-state index contributed by atoms with van der Waals surface area (Å²) in [7, 11) is 0. The molecular weight excluding hydrogens is 350 g/mol. The van der Waals surface area contributed by atoms with Gasteiger partial charge in [0.05, 0.1) is 29.7 Å². The van der Waals surface area contributed by atoms with Crippen LogP contribution in [-0.2, 0) is 11.2 Å². The number of anilines is 1. The predicted molar refractivity (Wildman–Crippen MR) is 111 cm³/mol. The Hall–Kier alpha value is -3.60. The van der Waals surface area contributed by atoms with E-state index in [2.05, 4.69) is 15.3 Å². The second-order valence-electron chi connectivity index (χ2n) is 6.45. The zero-order valence-electron chi connectivity index (χ0n) is 15.6. The third-order valence-corrected chi connectivity index (χ3v) is 4.44. The molecule has 140 valence electrons. The molecule has 0 aliphatic carbocycles. The summed E-state index contributed by atoms with van der Waals surface area (Å²) >= 11 is 0. The second-order valence-corrected chi connectivity index (χ2v) is 6.45. The smallest absolute Gasteiger partial charge is 0.228 e. The Morgan fingerprint density at radius 2 is 1.75 bits per heavy atom. The van der Waals surface area contributed by atoms with Crippen LogP contribution in [0.25, 0.3) is 22.4 Å². The fourth-order valence-electron chi connectivity index (χ4n) is 3.13. The first-order valence-electron chi connectivity index (χ1n) is 9.28. The molecule has 1 aromatic heterocycles. The van der Waals surface area contributed by atoms with Crippen LogP contribution in [0.5, 0.6) is 5.75 Å². The Morgan fingerprint density at radius 1 is 1.00 bits per heavy atom. The van der Waals surface area contributed by atoms with Crippen molar-refractivity contribution in [1.82, 2.24) is 9.97 Å². The molecule has 0 saturated heterocycles. The normalized spacial score (nSPS) is 10.8. The van der Waals surface area contributed by atoms with Crippen molar-refractivity contribution in [3.05, 3.63) is 78.4 Å². The molecule has 4 aromatic rings. The second kappa shape index (κ2) is 7.96. The van der Waals surface area contributed by atoms with Gasteiger partial charge in [0.1, 0.15) is 11.6 Å². The minimum Gasteiger partial charge on any atom is -0.494 e. The maximum absolute atomic E-state index is 12.6. The van der Waals surface area contributed by atoms with Gasteiger partial charge in [0, 0.05) is 5.56 Å². The summed E-state index contributed by atoms with van der Waals surface area (Å²) < 4.78 is 5.44. The van der Waals surface area contributed by atoms with Crippen molar-refractivity contribution in [2.24, 2.45) is 0 Å². The molecule has 1 amide bonds. The largest absolute Gasteiger partial charge is 0.494 e. The molecule has 0 unspecified atom stereocenters. The first-order valence-corrected chi connectivity index (χ1v) is 9.28. The van der Waals surface area contributed by atoms with Crippen LogP contribution in [0.15, 0.2) is 72.8 Å². The van der Waals surface area contributed by atoms with Crippen LogP contribution in [0.4, 0.5) is 5.69 Å². The van der Waals surface area contributed by atoms with Gasteiger partial charge in [-0.3, -0.25) is 4.79 Å². The van der Waals surface area contributed by atoms with Crippen LogP contribution in [0, 0.1) is 0 Å². The predicted octanol–water partition coefficient (Wildman–Crippen LogP) is 4.81. The average molecular weight is 371 g/mol. The van der Waals surface area contributed by atoms with Gasteiger partial charge in [-0.15, -0.1) is 0 Å². The molecule has 1 heterocycles. The number of aromatic amines is 1. The number of H-pyrrole nitrogens is 1. The van der Waals surface area contributed by atoms with Crippen molar-refractivity contribution >= 4 is 22.6 Å². The first kappa shape index (κ1) is 17.8. The number of ether oxygens (including phenoxy) is 1. The zero-order chi connectivity index (χ0) is 19.3. The van der Waals surface area contributed by atoms with E-state index < -0.39 is 0 Å². The summed E-state index contributed by atoms with van der Waals surface area (Å²) in [4.78, 5) is 20.5. The maximum atomic E-state index is 12.6. The number of rotatable bonds is 6. The fraction of sp³-hybridized carbons (Fsp3) is 0.130. The Balaban J connectivity index is 1.52. The van der Waals surface area contributed by atoms with Gasteiger partial charge in [-0.25, -0.2) is 4.98 Å². The Kier molecular flexibility index (Phi) is 5.06. The summed E-state index contributed by atoms with van der Waals surface area (Å²) in [6.45, 7) is 2.57. The summed E-state index contributed by atoms with van der Waals surface area (Å²) in [5.41, 5.74) is 4.39. The van der Waals surface area contributed by atoms with Gasteiger partial charge in [0.15, 0.2) is 0 Å². The van der Waals surface area contributed by atoms with E-state index in [1.54, 1.807) is 0 Å². The van der Waals surface area contributed by atoms with E-state index in [1.807, 2.05) is 79.7 Å². The number of carbonyl (C=O) groups excluding carboxylic acids is 1. The van der Waals surface area contributed by atoms with E-state index in [1.165, 1.54) is 0 Å². The molecule has 5 nitrogen and oxygen atoms in total. The van der Waals surface area contributed by atoms with Crippen molar-refractivity contribution in [3.8, 4) is 17.1 Å². The van der Waals surface area contributed by atoms with Crippen molar-refractivity contribution in [2.45, 2.75) is 13.3 Å². The van der Waals surface area contributed by atoms with Gasteiger partial charge in [-0.2, -0.15) is 0 Å². The summed E-state index contributed by atoms with van der Waals surface area (Å²) in [5.74, 6) is 1.47. The van der Waals surface area contributed by atoms with Gasteiger partial charge in [-0.05, 0) is 48.9 Å². The summed E-state index contributed by atoms with van der Waals surface area (Å²) in [6.07, 6.45) is 0.293. The lowest BCUT2D eigenvalue weighted by Crippen LogP contribution is -2.15. The molecule has 0 bridgehead atoms. The highest BCUT2D eigenvalue weighted by Gasteiger charge is 2.12. The maximum Gasteiger partial charge on any atom is 0.228 e. The number of carbonyl (C=O) groups is 1. The molecular formula is C23H21N3O2. The molecule has 4 rings (SSSR count). The number of nitrogens with zero attached hydrogens (tertiary/aromatic N) is 1. The highest BCUT2D eigenvalue weighted by atomic mass is 16.5. The van der Waals surface area contributed by atoms with Crippen molar-refractivity contribution in [3.63, 3.8) is 0 Å². The lowest BCUT2D eigenvalue weighted by Gasteiger charge is -2.10. The van der Waals surface area contributed by atoms with E-state index in [4.69, 9.17) is 4.74 Å². The lowest BCUT2D eigenvalue weighted by molar-refractivity contribution is -0.115. The van der Waals surface area contributed by atoms with E-state index in [0.717, 1.165) is 39.4 Å². The SMILES string of the molecule is CCOc1ccc(CC(=O)Nc2ccccc2-c2nc3ccccc3[nH]2)cc1. The molecule has 0 radical (unpaired) electrons. The number of amides is 1. The molecule has 0 spiro atoms. The quantitative estimate of drug-likeness (QED) is 0.511.